The average Bonchev–Trinajstić information content (AvgIpc) is 3.29. The Balaban J connectivity index is 1.33. The molecule has 8 nitrogen and oxygen atoms in total. The first-order chi connectivity index (χ1) is 16.9. The number of carbonyl (C=O) groups is 2. The topological polar surface area (TPSA) is 103 Å². The summed E-state index contributed by atoms with van der Waals surface area (Å²) in [5, 5.41) is 9.42. The smallest absolute Gasteiger partial charge is 0.359 e. The molecule has 0 aliphatic rings. The van der Waals surface area contributed by atoms with Crippen LogP contribution in [0.3, 0.4) is 0 Å². The zero-order valence-corrected chi connectivity index (χ0v) is 20.2. The monoisotopic (exact) mass is 488 g/mol. The van der Waals surface area contributed by atoms with Gasteiger partial charge in [-0.1, -0.05) is 42.5 Å². The van der Waals surface area contributed by atoms with E-state index in [0.29, 0.717) is 10.7 Å². The minimum atomic E-state index is -0.658. The van der Waals surface area contributed by atoms with Gasteiger partial charge in [0.2, 0.25) is 5.91 Å². The SMILES string of the molecule is Cc1ccc(C)c(NC(=O)Cc2nc(COC(=O)c3ccc(=O)n(Cc4ccccc4)n3)cs2)c1. The lowest BCUT2D eigenvalue weighted by Gasteiger charge is -2.08. The number of thiazole rings is 1. The van der Waals surface area contributed by atoms with Gasteiger partial charge in [-0.05, 0) is 42.7 Å². The van der Waals surface area contributed by atoms with Gasteiger partial charge in [0, 0.05) is 17.1 Å². The van der Waals surface area contributed by atoms with E-state index in [2.05, 4.69) is 15.4 Å². The Morgan fingerprint density at radius 3 is 2.66 bits per heavy atom. The molecule has 4 aromatic rings. The highest BCUT2D eigenvalue weighted by Gasteiger charge is 2.14. The third-order valence-electron chi connectivity index (χ3n) is 5.18. The van der Waals surface area contributed by atoms with E-state index in [1.54, 1.807) is 5.38 Å². The molecule has 2 heterocycles. The highest BCUT2D eigenvalue weighted by molar-refractivity contribution is 7.09. The number of amides is 1. The Morgan fingerprint density at radius 1 is 1.06 bits per heavy atom. The van der Waals surface area contributed by atoms with Crippen molar-refractivity contribution in [2.24, 2.45) is 0 Å². The van der Waals surface area contributed by atoms with Crippen LogP contribution in [0.25, 0.3) is 0 Å². The first-order valence-electron chi connectivity index (χ1n) is 11.0. The molecule has 0 bridgehead atoms. The number of hydrogen-bond acceptors (Lipinski definition) is 7. The van der Waals surface area contributed by atoms with E-state index in [1.165, 1.54) is 28.2 Å². The fourth-order valence-electron chi connectivity index (χ4n) is 3.34. The molecule has 35 heavy (non-hydrogen) atoms. The molecular formula is C26H24N4O4S. The van der Waals surface area contributed by atoms with Gasteiger partial charge in [-0.25, -0.2) is 14.5 Å². The largest absolute Gasteiger partial charge is 0.454 e. The van der Waals surface area contributed by atoms with Crippen molar-refractivity contribution in [3.8, 4) is 0 Å². The van der Waals surface area contributed by atoms with E-state index in [0.717, 1.165) is 22.4 Å². The Kier molecular flexibility index (Phi) is 7.47. The van der Waals surface area contributed by atoms with Crippen molar-refractivity contribution >= 4 is 28.9 Å². The van der Waals surface area contributed by atoms with Gasteiger partial charge < -0.3 is 10.1 Å². The fourth-order valence-corrected chi connectivity index (χ4v) is 4.12. The molecule has 9 heteroatoms. The van der Waals surface area contributed by atoms with Gasteiger partial charge in [-0.2, -0.15) is 5.10 Å². The Hall–Kier alpha value is -4.11. The van der Waals surface area contributed by atoms with Crippen LogP contribution in [0.1, 0.15) is 37.9 Å². The van der Waals surface area contributed by atoms with Crippen molar-refractivity contribution in [3.63, 3.8) is 0 Å². The van der Waals surface area contributed by atoms with E-state index >= 15 is 0 Å². The maximum atomic E-state index is 12.5. The third-order valence-corrected chi connectivity index (χ3v) is 6.08. The van der Waals surface area contributed by atoms with Gasteiger partial charge in [0.15, 0.2) is 5.69 Å². The number of hydrogen-bond donors (Lipinski definition) is 1. The van der Waals surface area contributed by atoms with E-state index in [4.69, 9.17) is 4.74 Å². The molecule has 0 radical (unpaired) electrons. The molecule has 0 aliphatic carbocycles. The number of carbonyl (C=O) groups excluding carboxylic acids is 2. The maximum absolute atomic E-state index is 12.5. The molecule has 1 amide bonds. The summed E-state index contributed by atoms with van der Waals surface area (Å²) in [5.74, 6) is -0.824. The normalized spacial score (nSPS) is 10.7. The number of esters is 1. The molecule has 0 saturated heterocycles. The summed E-state index contributed by atoms with van der Waals surface area (Å²) < 4.78 is 6.55. The zero-order chi connectivity index (χ0) is 24.8. The molecule has 0 atom stereocenters. The second-order valence-electron chi connectivity index (χ2n) is 8.05. The van der Waals surface area contributed by atoms with Crippen LogP contribution in [-0.4, -0.2) is 26.6 Å². The average molecular weight is 489 g/mol. The van der Waals surface area contributed by atoms with E-state index < -0.39 is 5.97 Å². The van der Waals surface area contributed by atoms with Crippen molar-refractivity contribution in [2.75, 3.05) is 5.32 Å². The van der Waals surface area contributed by atoms with Gasteiger partial charge in [0.25, 0.3) is 5.56 Å². The summed E-state index contributed by atoms with van der Waals surface area (Å²) >= 11 is 1.32. The number of anilines is 1. The summed E-state index contributed by atoms with van der Waals surface area (Å²) in [6, 6.07) is 17.9. The number of aromatic nitrogens is 3. The molecule has 2 aromatic carbocycles. The standard InChI is InChI=1S/C26H24N4O4S/c1-17-8-9-18(2)22(12-17)28-23(31)13-24-27-20(16-35-24)15-34-26(33)21-10-11-25(32)30(29-21)14-19-6-4-3-5-7-19/h3-12,16H,13-15H2,1-2H3,(H,28,31). The molecule has 2 aromatic heterocycles. The second kappa shape index (κ2) is 10.9. The molecular weight excluding hydrogens is 464 g/mol. The van der Waals surface area contributed by atoms with Crippen LogP contribution in [-0.2, 0) is 29.1 Å². The second-order valence-corrected chi connectivity index (χ2v) is 8.99. The van der Waals surface area contributed by atoms with Gasteiger partial charge in [0.1, 0.15) is 11.6 Å². The van der Waals surface area contributed by atoms with Crippen molar-refractivity contribution < 1.29 is 14.3 Å². The fraction of sp³-hybridized carbons (Fsp3) is 0.192. The minimum absolute atomic E-state index is 0.0314. The lowest BCUT2D eigenvalue weighted by atomic mass is 10.1. The van der Waals surface area contributed by atoms with Gasteiger partial charge in [0.05, 0.1) is 18.7 Å². The number of nitrogens with zero attached hydrogens (tertiary/aromatic N) is 3. The molecule has 178 valence electrons. The van der Waals surface area contributed by atoms with Crippen LogP contribution in [0.2, 0.25) is 0 Å². The summed E-state index contributed by atoms with van der Waals surface area (Å²) in [6.07, 6.45) is 0.123. The molecule has 0 saturated carbocycles. The van der Waals surface area contributed by atoms with Crippen LogP contribution in [0, 0.1) is 13.8 Å². The summed E-state index contributed by atoms with van der Waals surface area (Å²) in [5.41, 5.74) is 3.98. The highest BCUT2D eigenvalue weighted by Crippen LogP contribution is 2.18. The Bertz CT molecular complexity index is 1410. The minimum Gasteiger partial charge on any atom is -0.454 e. The highest BCUT2D eigenvalue weighted by atomic mass is 32.1. The van der Waals surface area contributed by atoms with Crippen molar-refractivity contribution in [2.45, 2.75) is 33.4 Å². The summed E-state index contributed by atoms with van der Waals surface area (Å²) in [6.45, 7) is 4.10. The lowest BCUT2D eigenvalue weighted by Crippen LogP contribution is -2.25. The Labute approximate surface area is 206 Å². The number of ether oxygens (including phenoxy) is 1. The van der Waals surface area contributed by atoms with E-state index in [9.17, 15) is 14.4 Å². The molecule has 0 aliphatic heterocycles. The predicted molar refractivity (Wildman–Crippen MR) is 134 cm³/mol. The Morgan fingerprint density at radius 2 is 1.86 bits per heavy atom. The number of aryl methyl sites for hydroxylation is 2. The third kappa shape index (κ3) is 6.48. The van der Waals surface area contributed by atoms with Crippen LogP contribution >= 0.6 is 11.3 Å². The van der Waals surface area contributed by atoms with Gasteiger partial charge in [-0.3, -0.25) is 9.59 Å². The summed E-state index contributed by atoms with van der Waals surface area (Å²) in [7, 11) is 0. The first kappa shape index (κ1) is 24.0. The van der Waals surface area contributed by atoms with Crippen molar-refractivity contribution in [1.29, 1.82) is 0 Å². The number of benzene rings is 2. The van der Waals surface area contributed by atoms with Crippen molar-refractivity contribution in [1.82, 2.24) is 14.8 Å². The molecule has 0 unspecified atom stereocenters. The quantitative estimate of drug-likeness (QED) is 0.377. The lowest BCUT2D eigenvalue weighted by molar-refractivity contribution is -0.115. The van der Waals surface area contributed by atoms with Crippen molar-refractivity contribution in [3.05, 3.63) is 109 Å². The van der Waals surface area contributed by atoms with Crippen LogP contribution in [0.5, 0.6) is 0 Å². The van der Waals surface area contributed by atoms with E-state index in [1.807, 2.05) is 62.4 Å². The molecule has 4 rings (SSSR count). The van der Waals surface area contributed by atoms with Crippen LogP contribution < -0.4 is 10.9 Å². The zero-order valence-electron chi connectivity index (χ0n) is 19.4. The first-order valence-corrected chi connectivity index (χ1v) is 11.8. The van der Waals surface area contributed by atoms with Gasteiger partial charge >= 0.3 is 5.97 Å². The molecule has 0 spiro atoms. The number of rotatable bonds is 8. The molecule has 1 N–H and O–H groups in total. The van der Waals surface area contributed by atoms with Gasteiger partial charge in [-0.15, -0.1) is 11.3 Å². The van der Waals surface area contributed by atoms with Crippen LogP contribution in [0.15, 0.2) is 70.8 Å². The van der Waals surface area contributed by atoms with E-state index in [-0.39, 0.29) is 36.7 Å². The maximum Gasteiger partial charge on any atom is 0.359 e. The summed E-state index contributed by atoms with van der Waals surface area (Å²) in [4.78, 5) is 41.4. The number of nitrogens with one attached hydrogen (secondary N) is 1. The predicted octanol–water partition coefficient (Wildman–Crippen LogP) is 3.90. The van der Waals surface area contributed by atoms with Crippen LogP contribution in [0.4, 0.5) is 5.69 Å². The molecule has 0 fully saturated rings.